The van der Waals surface area contributed by atoms with Crippen LogP contribution in [0.15, 0.2) is 71.8 Å². The van der Waals surface area contributed by atoms with Gasteiger partial charge in [-0.05, 0) is 42.2 Å². The summed E-state index contributed by atoms with van der Waals surface area (Å²) in [6.07, 6.45) is 0. The Bertz CT molecular complexity index is 1230. The summed E-state index contributed by atoms with van der Waals surface area (Å²) in [6.45, 7) is 5.30. The van der Waals surface area contributed by atoms with E-state index < -0.39 is 0 Å². The smallest absolute Gasteiger partial charge is 0.297 e. The normalized spacial score (nSPS) is 11.6. The number of nitrogens with one attached hydrogen (secondary N) is 1. The Kier molecular flexibility index (Phi) is 5.86. The van der Waals surface area contributed by atoms with E-state index in [4.69, 9.17) is 16.4 Å². The fourth-order valence-corrected chi connectivity index (χ4v) is 3.83. The van der Waals surface area contributed by atoms with Crippen molar-refractivity contribution in [3.63, 3.8) is 0 Å². The molecule has 0 amide bonds. The molecule has 7 nitrogen and oxygen atoms in total. The summed E-state index contributed by atoms with van der Waals surface area (Å²) in [5.74, 6) is 11.5. The van der Waals surface area contributed by atoms with E-state index in [-0.39, 0.29) is 0 Å². The van der Waals surface area contributed by atoms with Crippen molar-refractivity contribution in [1.82, 2.24) is 15.0 Å². The molecule has 0 bridgehead atoms. The minimum Gasteiger partial charge on any atom is -0.465 e. The number of aromatic nitrogens is 2. The summed E-state index contributed by atoms with van der Waals surface area (Å²) in [5.41, 5.74) is 9.80. The maximum atomic E-state index is 5.82. The molecule has 0 radical (unpaired) electrons. The Morgan fingerprint density at radius 1 is 1.06 bits per heavy atom. The molecule has 4 aromatic rings. The van der Waals surface area contributed by atoms with Gasteiger partial charge in [-0.3, -0.25) is 4.57 Å². The third kappa shape index (κ3) is 3.95. The second-order valence-electron chi connectivity index (χ2n) is 7.22. The van der Waals surface area contributed by atoms with E-state index in [1.54, 1.807) is 0 Å². The molecule has 0 unspecified atom stereocenters. The number of imidazole rings is 1. The van der Waals surface area contributed by atoms with Crippen molar-refractivity contribution >= 4 is 16.9 Å². The highest BCUT2D eigenvalue weighted by Gasteiger charge is 2.14. The van der Waals surface area contributed by atoms with Gasteiger partial charge >= 0.3 is 0 Å². The van der Waals surface area contributed by atoms with Gasteiger partial charge in [0.2, 0.25) is 0 Å². The molecule has 0 aliphatic rings. The van der Waals surface area contributed by atoms with E-state index in [2.05, 4.69) is 57.3 Å². The Morgan fingerprint density at radius 2 is 1.84 bits per heavy atom. The fourth-order valence-electron chi connectivity index (χ4n) is 3.83. The predicted octanol–water partition coefficient (Wildman–Crippen LogP) is 3.54. The highest BCUT2D eigenvalue weighted by atomic mass is 16.5. The van der Waals surface area contributed by atoms with Gasteiger partial charge in [-0.1, -0.05) is 60.7 Å². The van der Waals surface area contributed by atoms with Crippen LogP contribution < -0.4 is 21.8 Å². The maximum Gasteiger partial charge on any atom is 0.297 e. The Morgan fingerprint density at radius 3 is 2.55 bits per heavy atom. The lowest BCUT2D eigenvalue weighted by molar-refractivity contribution is 0.301. The first-order valence-electron chi connectivity index (χ1n) is 10.2. The van der Waals surface area contributed by atoms with Gasteiger partial charge in [-0.2, -0.15) is 10.1 Å². The molecule has 0 atom stereocenters. The standard InChI is InChI=1S/C24H26N6O/c1-3-31-24-27-21-10-6-7-16(2)22(21)30(24)15-17-11-13-18(14-12-17)19-8-4-5-9-20(19)23(28-25)29-26/h4-14H,3,15,25-26H2,1-2H3,(H,28,29). The highest BCUT2D eigenvalue weighted by molar-refractivity contribution is 6.04. The molecule has 1 aromatic heterocycles. The number of hydrazine groups is 1. The van der Waals surface area contributed by atoms with Crippen LogP contribution in [0.5, 0.6) is 6.01 Å². The quantitative estimate of drug-likeness (QED) is 0.194. The van der Waals surface area contributed by atoms with Crippen LogP contribution in [0, 0.1) is 6.92 Å². The van der Waals surface area contributed by atoms with Crippen LogP contribution >= 0.6 is 0 Å². The van der Waals surface area contributed by atoms with Crippen LogP contribution in [-0.4, -0.2) is 22.0 Å². The molecule has 0 fully saturated rings. The molecular weight excluding hydrogens is 388 g/mol. The summed E-state index contributed by atoms with van der Waals surface area (Å²) >= 11 is 0. The monoisotopic (exact) mass is 414 g/mol. The van der Waals surface area contributed by atoms with Gasteiger partial charge in [0.05, 0.1) is 24.2 Å². The van der Waals surface area contributed by atoms with Gasteiger partial charge in [0, 0.05) is 5.56 Å². The van der Waals surface area contributed by atoms with Crippen LogP contribution in [0.4, 0.5) is 0 Å². The molecule has 0 saturated heterocycles. The largest absolute Gasteiger partial charge is 0.465 e. The Labute approximate surface area is 181 Å². The molecule has 158 valence electrons. The number of hydrazone groups is 1. The van der Waals surface area contributed by atoms with E-state index in [0.717, 1.165) is 33.3 Å². The number of amidine groups is 1. The first-order valence-corrected chi connectivity index (χ1v) is 10.2. The van der Waals surface area contributed by atoms with Gasteiger partial charge in [0.1, 0.15) is 0 Å². The number of nitrogens with two attached hydrogens (primary N) is 2. The number of rotatable bonds is 6. The van der Waals surface area contributed by atoms with E-state index >= 15 is 0 Å². The van der Waals surface area contributed by atoms with Crippen LogP contribution in [0.3, 0.4) is 0 Å². The number of hydrogen-bond donors (Lipinski definition) is 3. The van der Waals surface area contributed by atoms with Gasteiger partial charge in [0.15, 0.2) is 5.84 Å². The van der Waals surface area contributed by atoms with Gasteiger partial charge < -0.3 is 16.0 Å². The Hall–Kier alpha value is -3.84. The summed E-state index contributed by atoms with van der Waals surface area (Å²) in [6, 6.07) is 23.0. The lowest BCUT2D eigenvalue weighted by atomic mass is 9.98. The number of hydrogen-bond acceptors (Lipinski definition) is 5. The maximum absolute atomic E-state index is 5.82. The van der Waals surface area contributed by atoms with E-state index in [1.807, 2.05) is 43.3 Å². The van der Waals surface area contributed by atoms with Crippen LogP contribution in [0.25, 0.3) is 22.2 Å². The summed E-state index contributed by atoms with van der Waals surface area (Å²) < 4.78 is 7.95. The topological polar surface area (TPSA) is 103 Å². The van der Waals surface area contributed by atoms with Crippen molar-refractivity contribution in [2.75, 3.05) is 6.61 Å². The summed E-state index contributed by atoms with van der Waals surface area (Å²) in [7, 11) is 0. The number of benzene rings is 3. The molecule has 31 heavy (non-hydrogen) atoms. The fraction of sp³-hybridized carbons (Fsp3) is 0.167. The molecular formula is C24H26N6O. The molecule has 0 aliphatic carbocycles. The molecule has 0 saturated carbocycles. The molecule has 4 rings (SSSR count). The number of ether oxygens (including phenoxy) is 1. The third-order valence-electron chi connectivity index (χ3n) is 5.26. The number of aryl methyl sites for hydroxylation is 1. The third-order valence-corrected chi connectivity index (χ3v) is 5.26. The Balaban J connectivity index is 1.69. The van der Waals surface area contributed by atoms with Crippen molar-refractivity contribution in [3.8, 4) is 17.1 Å². The van der Waals surface area contributed by atoms with Crippen molar-refractivity contribution in [1.29, 1.82) is 0 Å². The van der Waals surface area contributed by atoms with Crippen molar-refractivity contribution in [2.24, 2.45) is 16.8 Å². The first kappa shape index (κ1) is 20.4. The lowest BCUT2D eigenvalue weighted by Gasteiger charge is -2.13. The van der Waals surface area contributed by atoms with Crippen LogP contribution in [-0.2, 0) is 6.54 Å². The number of para-hydroxylation sites is 1. The van der Waals surface area contributed by atoms with Crippen LogP contribution in [0.2, 0.25) is 0 Å². The second-order valence-corrected chi connectivity index (χ2v) is 7.22. The van der Waals surface area contributed by atoms with E-state index in [0.29, 0.717) is 25.0 Å². The predicted molar refractivity (Wildman–Crippen MR) is 125 cm³/mol. The van der Waals surface area contributed by atoms with Crippen LogP contribution in [0.1, 0.15) is 23.6 Å². The minimum absolute atomic E-state index is 0.432. The lowest BCUT2D eigenvalue weighted by Crippen LogP contribution is -2.32. The molecule has 1 heterocycles. The minimum atomic E-state index is 0.432. The molecule has 0 spiro atoms. The zero-order valence-corrected chi connectivity index (χ0v) is 17.7. The molecule has 5 N–H and O–H groups in total. The van der Waals surface area contributed by atoms with Crippen molar-refractivity contribution in [3.05, 3.63) is 83.4 Å². The zero-order chi connectivity index (χ0) is 21.8. The molecule has 7 heteroatoms. The van der Waals surface area contributed by atoms with Crippen molar-refractivity contribution in [2.45, 2.75) is 20.4 Å². The van der Waals surface area contributed by atoms with E-state index in [1.165, 1.54) is 5.56 Å². The van der Waals surface area contributed by atoms with Gasteiger partial charge in [-0.15, -0.1) is 0 Å². The summed E-state index contributed by atoms with van der Waals surface area (Å²) in [5, 5.41) is 3.75. The SMILES string of the molecule is CCOc1nc2cccc(C)c2n1Cc1ccc(-c2ccccc2/C(=N/N)NN)cc1. The van der Waals surface area contributed by atoms with E-state index in [9.17, 15) is 0 Å². The number of nitrogens with zero attached hydrogens (tertiary/aromatic N) is 3. The van der Waals surface area contributed by atoms with Gasteiger partial charge in [0.25, 0.3) is 6.01 Å². The molecule has 3 aromatic carbocycles. The van der Waals surface area contributed by atoms with Crippen molar-refractivity contribution < 1.29 is 4.74 Å². The average Bonchev–Trinajstić information content (AvgIpc) is 3.14. The second kappa shape index (κ2) is 8.89. The number of fused-ring (bicyclic) bond motifs is 1. The highest BCUT2D eigenvalue weighted by Crippen LogP contribution is 2.28. The average molecular weight is 415 g/mol. The molecule has 0 aliphatic heterocycles. The first-order chi connectivity index (χ1) is 15.2. The zero-order valence-electron chi connectivity index (χ0n) is 17.7. The summed E-state index contributed by atoms with van der Waals surface area (Å²) in [4.78, 5) is 4.67. The van der Waals surface area contributed by atoms with Gasteiger partial charge in [-0.25, -0.2) is 5.84 Å².